The van der Waals surface area contributed by atoms with Crippen molar-refractivity contribution in [3.8, 4) is 0 Å². The van der Waals surface area contributed by atoms with Gasteiger partial charge in [-0.25, -0.2) is 4.98 Å². The summed E-state index contributed by atoms with van der Waals surface area (Å²) in [6, 6.07) is 13.7. The average Bonchev–Trinajstić information content (AvgIpc) is 3.09. The van der Waals surface area contributed by atoms with E-state index in [1.807, 2.05) is 47.8 Å². The fraction of sp³-hybridized carbons (Fsp3) is 0.263. The molecular weight excluding hydrogens is 334 g/mol. The molecule has 2 heterocycles. The Hall–Kier alpha value is -2.28. The van der Waals surface area contributed by atoms with Crippen LogP contribution in [0, 0.1) is 0 Å². The van der Waals surface area contributed by atoms with Gasteiger partial charge in [0.25, 0.3) is 5.91 Å². The third-order valence-electron chi connectivity index (χ3n) is 4.27. The lowest BCUT2D eigenvalue weighted by atomic mass is 10.1. The number of thiazole rings is 1. The molecule has 1 fully saturated rings. The summed E-state index contributed by atoms with van der Waals surface area (Å²) in [4.78, 5) is 19.3. The van der Waals surface area contributed by atoms with Gasteiger partial charge in [-0.05, 0) is 22.9 Å². The number of hydrogen-bond donors (Lipinski definition) is 1. The van der Waals surface area contributed by atoms with Crippen LogP contribution in [0.15, 0.2) is 47.8 Å². The first-order chi connectivity index (χ1) is 12.3. The maximum absolute atomic E-state index is 12.5. The highest BCUT2D eigenvalue weighted by Crippen LogP contribution is 2.20. The number of amides is 1. The highest BCUT2D eigenvalue weighted by atomic mass is 32.1. The molecule has 1 aromatic heterocycles. The monoisotopic (exact) mass is 353 g/mol. The molecule has 3 aromatic rings. The third-order valence-corrected chi connectivity index (χ3v) is 5.08. The zero-order chi connectivity index (χ0) is 17.1. The summed E-state index contributed by atoms with van der Waals surface area (Å²) in [5.74, 6) is -0.127. The molecule has 1 saturated heterocycles. The number of nitrogens with one attached hydrogen (secondary N) is 1. The Morgan fingerprint density at radius 1 is 1.16 bits per heavy atom. The van der Waals surface area contributed by atoms with Crippen LogP contribution in [-0.4, -0.2) is 42.1 Å². The average molecular weight is 353 g/mol. The first kappa shape index (κ1) is 16.2. The van der Waals surface area contributed by atoms with Gasteiger partial charge in [-0.3, -0.25) is 15.0 Å². The van der Waals surface area contributed by atoms with Crippen molar-refractivity contribution < 1.29 is 9.53 Å². The standard InChI is InChI=1S/C19H19N3O2S/c23-18(16-6-5-14-3-1-2-4-15(14)11-16)21-19-20-17(13-25-19)12-22-7-9-24-10-8-22/h1-6,11,13H,7-10,12H2,(H,20,21,23). The van der Waals surface area contributed by atoms with Crippen molar-refractivity contribution in [3.63, 3.8) is 0 Å². The van der Waals surface area contributed by atoms with Crippen LogP contribution in [0.3, 0.4) is 0 Å². The number of rotatable bonds is 4. The minimum Gasteiger partial charge on any atom is -0.379 e. The van der Waals surface area contributed by atoms with Gasteiger partial charge in [0.15, 0.2) is 5.13 Å². The van der Waals surface area contributed by atoms with Crippen LogP contribution in [0.1, 0.15) is 16.1 Å². The molecule has 0 bridgehead atoms. The first-order valence-corrected chi connectivity index (χ1v) is 9.20. The quantitative estimate of drug-likeness (QED) is 0.781. The lowest BCUT2D eigenvalue weighted by Gasteiger charge is -2.25. The van der Waals surface area contributed by atoms with E-state index in [1.165, 1.54) is 11.3 Å². The summed E-state index contributed by atoms with van der Waals surface area (Å²) < 4.78 is 5.36. The molecule has 6 heteroatoms. The molecule has 0 unspecified atom stereocenters. The van der Waals surface area contributed by atoms with E-state index in [-0.39, 0.29) is 5.91 Å². The van der Waals surface area contributed by atoms with E-state index in [1.54, 1.807) is 0 Å². The predicted molar refractivity (Wildman–Crippen MR) is 100 cm³/mol. The molecule has 128 valence electrons. The highest BCUT2D eigenvalue weighted by molar-refractivity contribution is 7.14. The second-order valence-electron chi connectivity index (χ2n) is 6.05. The van der Waals surface area contributed by atoms with Crippen molar-refractivity contribution in [3.05, 3.63) is 59.1 Å². The largest absolute Gasteiger partial charge is 0.379 e. The van der Waals surface area contributed by atoms with Gasteiger partial charge in [-0.15, -0.1) is 11.3 Å². The molecule has 0 saturated carbocycles. The maximum atomic E-state index is 12.5. The zero-order valence-electron chi connectivity index (χ0n) is 13.8. The van der Waals surface area contributed by atoms with E-state index >= 15 is 0 Å². The zero-order valence-corrected chi connectivity index (χ0v) is 14.6. The number of fused-ring (bicyclic) bond motifs is 1. The van der Waals surface area contributed by atoms with Gasteiger partial charge in [0.2, 0.25) is 0 Å². The van der Waals surface area contributed by atoms with Crippen molar-refractivity contribution in [2.45, 2.75) is 6.54 Å². The molecule has 1 aliphatic rings. The second kappa shape index (κ2) is 7.31. The van der Waals surface area contributed by atoms with Gasteiger partial charge in [-0.1, -0.05) is 30.3 Å². The maximum Gasteiger partial charge on any atom is 0.257 e. The number of ether oxygens (including phenoxy) is 1. The summed E-state index contributed by atoms with van der Waals surface area (Å²) in [5.41, 5.74) is 1.63. The van der Waals surface area contributed by atoms with E-state index < -0.39 is 0 Å². The molecule has 0 spiro atoms. The molecule has 25 heavy (non-hydrogen) atoms. The minimum atomic E-state index is -0.127. The van der Waals surface area contributed by atoms with Crippen molar-refractivity contribution in [1.82, 2.24) is 9.88 Å². The summed E-state index contributed by atoms with van der Waals surface area (Å²) in [6.07, 6.45) is 0. The predicted octanol–water partition coefficient (Wildman–Crippen LogP) is 3.38. The molecule has 5 nitrogen and oxygen atoms in total. The molecule has 1 amide bonds. The Labute approximate surface area is 150 Å². The topological polar surface area (TPSA) is 54.5 Å². The van der Waals surface area contributed by atoms with Crippen LogP contribution >= 0.6 is 11.3 Å². The summed E-state index contributed by atoms with van der Waals surface area (Å²) in [5, 5.41) is 7.74. The number of hydrogen-bond acceptors (Lipinski definition) is 5. The van der Waals surface area contributed by atoms with Crippen molar-refractivity contribution >= 4 is 33.1 Å². The molecule has 2 aromatic carbocycles. The van der Waals surface area contributed by atoms with Gasteiger partial charge in [0, 0.05) is 30.6 Å². The molecular formula is C19H19N3O2S. The van der Waals surface area contributed by atoms with Gasteiger partial charge in [0.05, 0.1) is 18.9 Å². The Kier molecular flexibility index (Phi) is 4.74. The van der Waals surface area contributed by atoms with E-state index in [0.717, 1.165) is 49.3 Å². The number of nitrogens with zero attached hydrogens (tertiary/aromatic N) is 2. The summed E-state index contributed by atoms with van der Waals surface area (Å²) >= 11 is 1.46. The SMILES string of the molecule is O=C(Nc1nc(CN2CCOCC2)cs1)c1ccc2ccccc2c1. The van der Waals surface area contributed by atoms with E-state index in [2.05, 4.69) is 15.2 Å². The van der Waals surface area contributed by atoms with Crippen molar-refractivity contribution in [1.29, 1.82) is 0 Å². The second-order valence-corrected chi connectivity index (χ2v) is 6.91. The van der Waals surface area contributed by atoms with Crippen LogP contribution in [0.2, 0.25) is 0 Å². The highest BCUT2D eigenvalue weighted by Gasteiger charge is 2.14. The van der Waals surface area contributed by atoms with E-state index in [0.29, 0.717) is 10.7 Å². The lowest BCUT2D eigenvalue weighted by Crippen LogP contribution is -2.35. The van der Waals surface area contributed by atoms with Gasteiger partial charge in [-0.2, -0.15) is 0 Å². The number of anilines is 1. The van der Waals surface area contributed by atoms with Crippen LogP contribution in [0.25, 0.3) is 10.8 Å². The molecule has 1 aliphatic heterocycles. The summed E-state index contributed by atoms with van der Waals surface area (Å²) in [6.45, 7) is 4.20. The van der Waals surface area contributed by atoms with Crippen molar-refractivity contribution in [2.24, 2.45) is 0 Å². The molecule has 4 rings (SSSR count). The fourth-order valence-electron chi connectivity index (χ4n) is 2.93. The summed E-state index contributed by atoms with van der Waals surface area (Å²) in [7, 11) is 0. The Morgan fingerprint density at radius 2 is 1.96 bits per heavy atom. The number of aromatic nitrogens is 1. The van der Waals surface area contributed by atoms with Gasteiger partial charge >= 0.3 is 0 Å². The van der Waals surface area contributed by atoms with Gasteiger partial charge in [0.1, 0.15) is 0 Å². The number of benzene rings is 2. The van der Waals surface area contributed by atoms with E-state index in [9.17, 15) is 4.79 Å². The smallest absolute Gasteiger partial charge is 0.257 e. The molecule has 0 radical (unpaired) electrons. The Bertz CT molecular complexity index is 887. The van der Waals surface area contributed by atoms with Crippen LogP contribution in [0.4, 0.5) is 5.13 Å². The van der Waals surface area contributed by atoms with Crippen LogP contribution in [0.5, 0.6) is 0 Å². The fourth-order valence-corrected chi connectivity index (χ4v) is 3.62. The Morgan fingerprint density at radius 3 is 2.80 bits per heavy atom. The lowest BCUT2D eigenvalue weighted by molar-refractivity contribution is 0.0337. The van der Waals surface area contributed by atoms with Gasteiger partial charge < -0.3 is 4.74 Å². The van der Waals surface area contributed by atoms with E-state index in [4.69, 9.17) is 4.74 Å². The normalized spacial score (nSPS) is 15.4. The minimum absolute atomic E-state index is 0.127. The molecule has 1 N–H and O–H groups in total. The van der Waals surface area contributed by atoms with Crippen LogP contribution < -0.4 is 5.32 Å². The molecule has 0 aliphatic carbocycles. The number of morpholine rings is 1. The van der Waals surface area contributed by atoms with Crippen LogP contribution in [-0.2, 0) is 11.3 Å². The molecule has 0 atom stereocenters. The van der Waals surface area contributed by atoms with Crippen molar-refractivity contribution in [2.75, 3.05) is 31.6 Å². The number of carbonyl (C=O) groups excluding carboxylic acids is 1. The first-order valence-electron chi connectivity index (χ1n) is 8.32. The Balaban J connectivity index is 1.43. The number of carbonyl (C=O) groups is 1. The third kappa shape index (κ3) is 3.87.